The molecular formula is C9H6N2O2S. The van der Waals surface area contributed by atoms with Gasteiger partial charge in [-0.1, -0.05) is 11.3 Å². The second-order valence-electron chi connectivity index (χ2n) is 2.45. The average molecular weight is 206 g/mol. The summed E-state index contributed by atoms with van der Waals surface area (Å²) in [7, 11) is 0. The Hall–Kier alpha value is -1.75. The van der Waals surface area contributed by atoms with Crippen molar-refractivity contribution in [2.24, 2.45) is 0 Å². The number of carbonyl (C=O) groups excluding carboxylic acids is 1. The molecule has 0 N–H and O–H groups in total. The molecule has 2 aromatic heterocycles. The number of carbonyl (C=O) groups is 1. The van der Waals surface area contributed by atoms with Crippen molar-refractivity contribution in [3.63, 3.8) is 0 Å². The topological polar surface area (TPSA) is 52.1 Å². The van der Waals surface area contributed by atoms with Crippen LogP contribution >= 0.6 is 11.3 Å². The lowest BCUT2D eigenvalue weighted by atomic mass is 10.3. The largest absolute Gasteiger partial charge is 0.410 e. The van der Waals surface area contributed by atoms with Gasteiger partial charge in [-0.15, -0.1) is 0 Å². The molecule has 0 saturated carbocycles. The number of rotatable bonds is 2. The van der Waals surface area contributed by atoms with Crippen LogP contribution in [-0.2, 0) is 0 Å². The van der Waals surface area contributed by atoms with Gasteiger partial charge in [-0.05, 0) is 12.1 Å². The smallest absolute Gasteiger partial charge is 0.345 e. The van der Waals surface area contributed by atoms with Gasteiger partial charge in [0.05, 0.1) is 17.3 Å². The zero-order chi connectivity index (χ0) is 9.80. The van der Waals surface area contributed by atoms with Crippen LogP contribution in [0.4, 0.5) is 0 Å². The Bertz CT molecular complexity index is 414. The van der Waals surface area contributed by atoms with Crippen LogP contribution in [0.2, 0.25) is 0 Å². The minimum atomic E-state index is -0.414. The lowest BCUT2D eigenvalue weighted by Crippen LogP contribution is -2.07. The minimum Gasteiger partial charge on any atom is -0.410 e. The van der Waals surface area contributed by atoms with Gasteiger partial charge in [0.25, 0.3) is 0 Å². The number of esters is 1. The van der Waals surface area contributed by atoms with Crippen molar-refractivity contribution in [2.75, 3.05) is 0 Å². The predicted octanol–water partition coefficient (Wildman–Crippen LogP) is 1.76. The molecule has 2 aromatic rings. The Balaban J connectivity index is 2.11. The molecule has 0 fully saturated rings. The van der Waals surface area contributed by atoms with Gasteiger partial charge in [-0.2, -0.15) is 0 Å². The van der Waals surface area contributed by atoms with Crippen LogP contribution in [0, 0.1) is 0 Å². The van der Waals surface area contributed by atoms with Gasteiger partial charge in [0.2, 0.25) is 5.06 Å². The standard InChI is InChI=1S/C9H6N2O2S/c12-9(7-2-1-3-10-4-7)13-8-5-11-6-14-8/h1-6H. The van der Waals surface area contributed by atoms with Gasteiger partial charge in [0.15, 0.2) is 0 Å². The molecule has 0 aliphatic carbocycles. The fourth-order valence-corrected chi connectivity index (χ4v) is 1.36. The van der Waals surface area contributed by atoms with Crippen molar-refractivity contribution in [1.29, 1.82) is 0 Å². The minimum absolute atomic E-state index is 0.414. The number of pyridine rings is 1. The van der Waals surface area contributed by atoms with Crippen molar-refractivity contribution < 1.29 is 9.53 Å². The highest BCUT2D eigenvalue weighted by Crippen LogP contribution is 2.17. The van der Waals surface area contributed by atoms with Crippen LogP contribution in [-0.4, -0.2) is 15.9 Å². The normalized spacial score (nSPS) is 9.71. The predicted molar refractivity (Wildman–Crippen MR) is 51.3 cm³/mol. The van der Waals surface area contributed by atoms with E-state index in [-0.39, 0.29) is 0 Å². The van der Waals surface area contributed by atoms with E-state index in [1.807, 2.05) is 0 Å². The number of hydrogen-bond acceptors (Lipinski definition) is 5. The van der Waals surface area contributed by atoms with E-state index in [4.69, 9.17) is 4.74 Å². The third-order valence-corrected chi connectivity index (χ3v) is 2.15. The zero-order valence-corrected chi connectivity index (χ0v) is 7.90. The molecule has 0 radical (unpaired) electrons. The molecule has 0 unspecified atom stereocenters. The van der Waals surface area contributed by atoms with Gasteiger partial charge < -0.3 is 4.74 Å². The van der Waals surface area contributed by atoms with E-state index in [9.17, 15) is 4.79 Å². The number of ether oxygens (including phenoxy) is 1. The first kappa shape index (κ1) is 8.83. The summed E-state index contributed by atoms with van der Waals surface area (Å²) in [6.07, 6.45) is 4.56. The van der Waals surface area contributed by atoms with E-state index in [1.54, 1.807) is 23.8 Å². The summed E-state index contributed by atoms with van der Waals surface area (Å²) in [6.45, 7) is 0. The van der Waals surface area contributed by atoms with Crippen molar-refractivity contribution in [1.82, 2.24) is 9.97 Å². The molecule has 5 heteroatoms. The van der Waals surface area contributed by atoms with Crippen LogP contribution in [0.5, 0.6) is 5.06 Å². The van der Waals surface area contributed by atoms with Crippen molar-refractivity contribution >= 4 is 17.3 Å². The van der Waals surface area contributed by atoms with Gasteiger partial charge in [-0.25, -0.2) is 9.78 Å². The first-order valence-corrected chi connectivity index (χ1v) is 4.75. The van der Waals surface area contributed by atoms with Gasteiger partial charge in [0, 0.05) is 12.4 Å². The van der Waals surface area contributed by atoms with Crippen LogP contribution in [0.3, 0.4) is 0 Å². The molecule has 0 saturated heterocycles. The van der Waals surface area contributed by atoms with Crippen LogP contribution in [0.25, 0.3) is 0 Å². The van der Waals surface area contributed by atoms with E-state index < -0.39 is 5.97 Å². The molecule has 14 heavy (non-hydrogen) atoms. The molecule has 0 aliphatic heterocycles. The Morgan fingerprint density at radius 3 is 2.93 bits per heavy atom. The number of hydrogen-bond donors (Lipinski definition) is 0. The third-order valence-electron chi connectivity index (χ3n) is 1.50. The van der Waals surface area contributed by atoms with Crippen LogP contribution in [0.1, 0.15) is 10.4 Å². The monoisotopic (exact) mass is 206 g/mol. The fraction of sp³-hybridized carbons (Fsp3) is 0. The van der Waals surface area contributed by atoms with E-state index in [1.165, 1.54) is 23.7 Å². The summed E-state index contributed by atoms with van der Waals surface area (Å²) >= 11 is 1.27. The van der Waals surface area contributed by atoms with E-state index in [0.29, 0.717) is 10.6 Å². The number of thiazole rings is 1. The molecule has 70 valence electrons. The maximum atomic E-state index is 11.4. The highest BCUT2D eigenvalue weighted by atomic mass is 32.1. The van der Waals surface area contributed by atoms with Gasteiger partial charge >= 0.3 is 5.97 Å². The van der Waals surface area contributed by atoms with E-state index in [0.717, 1.165) is 0 Å². The summed E-state index contributed by atoms with van der Waals surface area (Å²) in [5.41, 5.74) is 2.03. The molecule has 0 amide bonds. The Kier molecular flexibility index (Phi) is 2.51. The van der Waals surface area contributed by atoms with Crippen molar-refractivity contribution in [2.45, 2.75) is 0 Å². The van der Waals surface area contributed by atoms with Crippen molar-refractivity contribution in [3.05, 3.63) is 41.8 Å². The maximum Gasteiger partial charge on any atom is 0.345 e. The van der Waals surface area contributed by atoms with Gasteiger partial charge in [0.1, 0.15) is 0 Å². The average Bonchev–Trinajstić information content (AvgIpc) is 2.72. The molecule has 0 spiro atoms. The third kappa shape index (κ3) is 1.94. The molecule has 2 heterocycles. The first-order chi connectivity index (χ1) is 6.86. The quantitative estimate of drug-likeness (QED) is 0.702. The highest BCUT2D eigenvalue weighted by molar-refractivity contribution is 7.11. The second kappa shape index (κ2) is 3.97. The first-order valence-electron chi connectivity index (χ1n) is 3.87. The number of nitrogens with zero attached hydrogens (tertiary/aromatic N) is 2. The zero-order valence-electron chi connectivity index (χ0n) is 7.08. The molecule has 2 rings (SSSR count). The van der Waals surface area contributed by atoms with E-state index in [2.05, 4.69) is 9.97 Å². The summed E-state index contributed by atoms with van der Waals surface area (Å²) in [5, 5.41) is 0.485. The lowest BCUT2D eigenvalue weighted by molar-refractivity contribution is 0.0740. The summed E-state index contributed by atoms with van der Waals surface area (Å²) in [5.74, 6) is -0.414. The molecule has 0 aromatic carbocycles. The molecule has 4 nitrogen and oxygen atoms in total. The Morgan fingerprint density at radius 2 is 2.29 bits per heavy atom. The Labute approximate surface area is 84.2 Å². The second-order valence-corrected chi connectivity index (χ2v) is 3.30. The van der Waals surface area contributed by atoms with Gasteiger partial charge in [-0.3, -0.25) is 4.98 Å². The lowest BCUT2D eigenvalue weighted by Gasteiger charge is -1.98. The molecular weight excluding hydrogens is 200 g/mol. The van der Waals surface area contributed by atoms with Crippen molar-refractivity contribution in [3.8, 4) is 5.06 Å². The fourth-order valence-electron chi connectivity index (χ4n) is 0.888. The van der Waals surface area contributed by atoms with E-state index >= 15 is 0 Å². The Morgan fingerprint density at radius 1 is 1.36 bits per heavy atom. The maximum absolute atomic E-state index is 11.4. The summed E-state index contributed by atoms with van der Waals surface area (Å²) < 4.78 is 5.02. The number of aromatic nitrogens is 2. The van der Waals surface area contributed by atoms with Crippen LogP contribution in [0.15, 0.2) is 36.2 Å². The SMILES string of the molecule is O=C(Oc1cncs1)c1cccnc1. The van der Waals surface area contributed by atoms with Crippen LogP contribution < -0.4 is 4.74 Å². The summed E-state index contributed by atoms with van der Waals surface area (Å²) in [4.78, 5) is 19.0. The molecule has 0 bridgehead atoms. The molecule has 0 aliphatic rings. The highest BCUT2D eigenvalue weighted by Gasteiger charge is 2.08. The summed E-state index contributed by atoms with van der Waals surface area (Å²) in [6, 6.07) is 3.33. The molecule has 0 atom stereocenters.